The van der Waals surface area contributed by atoms with Gasteiger partial charge in [-0.05, 0) is 43.4 Å². The van der Waals surface area contributed by atoms with Crippen molar-refractivity contribution in [2.45, 2.75) is 39.5 Å². The number of carbonyl (C=O) groups excluding carboxylic acids is 1. The zero-order valence-electron chi connectivity index (χ0n) is 15.4. The molecule has 0 unspecified atom stereocenters. The number of thiazole rings is 1. The SMILES string of the molecule is Cc1nc(C(C)C)sc1C(=O)N1CC[C@@H](Cc2cccc(C(=O)O)c2)C1. The standard InChI is InChI=1S/C20H24N2O3S/c1-12(2)18-21-13(3)17(26-18)19(23)22-8-7-15(11-22)9-14-5-4-6-16(10-14)20(24)25/h4-6,10,12,15H,7-9,11H2,1-3H3,(H,24,25)/t15-/m0/s1. The van der Waals surface area contributed by atoms with Gasteiger partial charge in [0, 0.05) is 19.0 Å². The van der Waals surface area contributed by atoms with E-state index >= 15 is 0 Å². The van der Waals surface area contributed by atoms with Crippen LogP contribution in [0.15, 0.2) is 24.3 Å². The molecule has 1 fully saturated rings. The van der Waals surface area contributed by atoms with E-state index in [1.807, 2.05) is 17.9 Å². The van der Waals surface area contributed by atoms with Gasteiger partial charge in [-0.2, -0.15) is 0 Å². The lowest BCUT2D eigenvalue weighted by Crippen LogP contribution is -2.28. The first-order chi connectivity index (χ1) is 12.3. The van der Waals surface area contributed by atoms with Gasteiger partial charge in [-0.15, -0.1) is 11.3 Å². The monoisotopic (exact) mass is 372 g/mol. The van der Waals surface area contributed by atoms with Crippen LogP contribution in [0.2, 0.25) is 0 Å². The Morgan fingerprint density at radius 2 is 2.15 bits per heavy atom. The Labute approximate surface area is 157 Å². The fourth-order valence-electron chi connectivity index (χ4n) is 3.35. The Kier molecular flexibility index (Phi) is 5.41. The van der Waals surface area contributed by atoms with Gasteiger partial charge in [0.2, 0.25) is 0 Å². The molecule has 6 heteroatoms. The van der Waals surface area contributed by atoms with Crippen LogP contribution in [0.25, 0.3) is 0 Å². The molecule has 1 aromatic heterocycles. The first-order valence-corrected chi connectivity index (χ1v) is 9.75. The first kappa shape index (κ1) is 18.6. The number of aryl methyl sites for hydroxylation is 1. The normalized spacial score (nSPS) is 17.1. The Bertz CT molecular complexity index is 828. The molecular weight excluding hydrogens is 348 g/mol. The van der Waals surface area contributed by atoms with Crippen LogP contribution in [0.4, 0.5) is 0 Å². The van der Waals surface area contributed by atoms with Crippen LogP contribution in [0.1, 0.15) is 62.5 Å². The highest BCUT2D eigenvalue weighted by Crippen LogP contribution is 2.28. The van der Waals surface area contributed by atoms with Crippen LogP contribution in [0, 0.1) is 12.8 Å². The van der Waals surface area contributed by atoms with Crippen molar-refractivity contribution in [2.24, 2.45) is 5.92 Å². The highest BCUT2D eigenvalue weighted by molar-refractivity contribution is 7.13. The Hall–Kier alpha value is -2.21. The number of rotatable bonds is 5. The lowest BCUT2D eigenvalue weighted by molar-refractivity contribution is 0.0696. The number of amides is 1. The summed E-state index contributed by atoms with van der Waals surface area (Å²) in [6, 6.07) is 7.08. The zero-order chi connectivity index (χ0) is 18.8. The van der Waals surface area contributed by atoms with Crippen LogP contribution in [-0.2, 0) is 6.42 Å². The molecule has 138 valence electrons. The third-order valence-electron chi connectivity index (χ3n) is 4.77. The van der Waals surface area contributed by atoms with Crippen molar-refractivity contribution in [2.75, 3.05) is 13.1 Å². The van der Waals surface area contributed by atoms with E-state index in [1.165, 1.54) is 11.3 Å². The number of aromatic nitrogens is 1. The molecule has 0 spiro atoms. The minimum Gasteiger partial charge on any atom is -0.478 e. The van der Waals surface area contributed by atoms with Crippen LogP contribution in [0.5, 0.6) is 0 Å². The fourth-order valence-corrected chi connectivity index (χ4v) is 4.39. The Morgan fingerprint density at radius 1 is 1.38 bits per heavy atom. The van der Waals surface area contributed by atoms with Gasteiger partial charge in [-0.1, -0.05) is 26.0 Å². The second-order valence-electron chi connectivity index (χ2n) is 7.24. The average molecular weight is 372 g/mol. The van der Waals surface area contributed by atoms with Crippen molar-refractivity contribution in [3.8, 4) is 0 Å². The van der Waals surface area contributed by atoms with Gasteiger partial charge in [0.25, 0.3) is 5.91 Å². The van der Waals surface area contributed by atoms with E-state index < -0.39 is 5.97 Å². The number of carbonyl (C=O) groups is 2. The quantitative estimate of drug-likeness (QED) is 0.862. The lowest BCUT2D eigenvalue weighted by atomic mass is 9.97. The van der Waals surface area contributed by atoms with E-state index in [9.17, 15) is 9.59 Å². The van der Waals surface area contributed by atoms with Crippen LogP contribution >= 0.6 is 11.3 Å². The highest BCUT2D eigenvalue weighted by atomic mass is 32.1. The zero-order valence-corrected chi connectivity index (χ0v) is 16.2. The van der Waals surface area contributed by atoms with Crippen LogP contribution < -0.4 is 0 Å². The predicted molar refractivity (Wildman–Crippen MR) is 102 cm³/mol. The average Bonchev–Trinajstić information content (AvgIpc) is 3.21. The van der Waals surface area contributed by atoms with Gasteiger partial charge in [0.1, 0.15) is 4.88 Å². The molecule has 0 radical (unpaired) electrons. The first-order valence-electron chi connectivity index (χ1n) is 8.94. The summed E-state index contributed by atoms with van der Waals surface area (Å²) in [5.74, 6) is -0.140. The molecule has 1 aliphatic rings. The molecule has 1 amide bonds. The van der Waals surface area contributed by atoms with Gasteiger partial charge < -0.3 is 10.0 Å². The van der Waals surface area contributed by atoms with Crippen LogP contribution in [0.3, 0.4) is 0 Å². The molecular formula is C20H24N2O3S. The van der Waals surface area contributed by atoms with E-state index in [0.717, 1.165) is 40.5 Å². The summed E-state index contributed by atoms with van der Waals surface area (Å²) in [5.41, 5.74) is 2.15. The maximum atomic E-state index is 12.9. The lowest BCUT2D eigenvalue weighted by Gasteiger charge is -2.16. The molecule has 1 aromatic carbocycles. The largest absolute Gasteiger partial charge is 0.478 e. The second-order valence-corrected chi connectivity index (χ2v) is 8.27. The van der Waals surface area contributed by atoms with Gasteiger partial charge in [0.05, 0.1) is 16.3 Å². The summed E-state index contributed by atoms with van der Waals surface area (Å²) in [4.78, 5) is 31.2. The van der Waals surface area contributed by atoms with Crippen molar-refractivity contribution in [3.05, 3.63) is 51.0 Å². The summed E-state index contributed by atoms with van der Waals surface area (Å²) in [6.07, 6.45) is 1.74. The van der Waals surface area contributed by atoms with E-state index in [0.29, 0.717) is 23.9 Å². The van der Waals surface area contributed by atoms with Gasteiger partial charge in [-0.25, -0.2) is 9.78 Å². The van der Waals surface area contributed by atoms with Crippen LogP contribution in [-0.4, -0.2) is 40.0 Å². The summed E-state index contributed by atoms with van der Waals surface area (Å²) < 4.78 is 0. The Morgan fingerprint density at radius 3 is 2.81 bits per heavy atom. The number of nitrogens with zero attached hydrogens (tertiary/aromatic N) is 2. The van der Waals surface area contributed by atoms with Crippen molar-refractivity contribution in [1.29, 1.82) is 0 Å². The minimum absolute atomic E-state index is 0.0775. The topological polar surface area (TPSA) is 70.5 Å². The molecule has 2 heterocycles. The molecule has 1 atom stereocenters. The molecule has 0 bridgehead atoms. The number of hydrogen-bond donors (Lipinski definition) is 1. The highest BCUT2D eigenvalue weighted by Gasteiger charge is 2.29. The number of carboxylic acids is 1. The minimum atomic E-state index is -0.906. The smallest absolute Gasteiger partial charge is 0.335 e. The molecule has 1 N–H and O–H groups in total. The van der Waals surface area contributed by atoms with Crippen molar-refractivity contribution < 1.29 is 14.7 Å². The molecule has 1 saturated heterocycles. The molecule has 26 heavy (non-hydrogen) atoms. The number of aromatic carboxylic acids is 1. The Balaban J connectivity index is 1.66. The van der Waals surface area contributed by atoms with Crippen molar-refractivity contribution >= 4 is 23.2 Å². The third kappa shape index (κ3) is 3.96. The van der Waals surface area contributed by atoms with Crippen molar-refractivity contribution in [1.82, 2.24) is 9.88 Å². The molecule has 5 nitrogen and oxygen atoms in total. The molecule has 2 aromatic rings. The maximum absolute atomic E-state index is 12.9. The molecule has 3 rings (SSSR count). The van der Waals surface area contributed by atoms with Gasteiger partial charge >= 0.3 is 5.97 Å². The van der Waals surface area contributed by atoms with Gasteiger partial charge in [0.15, 0.2) is 0 Å². The van der Waals surface area contributed by atoms with E-state index in [1.54, 1.807) is 18.2 Å². The molecule has 0 aliphatic carbocycles. The number of hydrogen-bond acceptors (Lipinski definition) is 4. The molecule has 0 saturated carbocycles. The fraction of sp³-hybridized carbons (Fsp3) is 0.450. The summed E-state index contributed by atoms with van der Waals surface area (Å²) in [6.45, 7) is 7.54. The maximum Gasteiger partial charge on any atom is 0.335 e. The second kappa shape index (κ2) is 7.58. The number of benzene rings is 1. The summed E-state index contributed by atoms with van der Waals surface area (Å²) in [5, 5.41) is 10.1. The summed E-state index contributed by atoms with van der Waals surface area (Å²) >= 11 is 1.51. The van der Waals surface area contributed by atoms with E-state index in [-0.39, 0.29) is 5.91 Å². The van der Waals surface area contributed by atoms with Gasteiger partial charge in [-0.3, -0.25) is 4.79 Å². The van der Waals surface area contributed by atoms with E-state index in [4.69, 9.17) is 5.11 Å². The number of carboxylic acid groups (broad SMARTS) is 1. The van der Waals surface area contributed by atoms with E-state index in [2.05, 4.69) is 18.8 Å². The predicted octanol–water partition coefficient (Wildman–Crippen LogP) is 3.98. The molecule has 1 aliphatic heterocycles. The van der Waals surface area contributed by atoms with Crippen molar-refractivity contribution in [3.63, 3.8) is 0 Å². The number of likely N-dealkylation sites (tertiary alicyclic amines) is 1. The summed E-state index contributed by atoms with van der Waals surface area (Å²) in [7, 11) is 0. The third-order valence-corrected chi connectivity index (χ3v) is 6.22.